The number of benzene rings is 2. The fraction of sp³-hybridized carbons (Fsp3) is 0.516. The zero-order chi connectivity index (χ0) is 29.0. The fourth-order valence-corrected chi connectivity index (χ4v) is 3.91. The number of likely N-dealkylation sites (N-methyl/N-ethyl adjacent to an activating group) is 1. The number of rotatable bonds is 13. The maximum absolute atomic E-state index is 13.3. The van der Waals surface area contributed by atoms with Gasteiger partial charge >= 0.3 is 6.09 Å². The molecule has 2 aromatic carbocycles. The molecule has 0 heterocycles. The molecule has 1 unspecified atom stereocenters. The molecular weight excluding hydrogens is 494 g/mol. The van der Waals surface area contributed by atoms with Crippen molar-refractivity contribution >= 4 is 17.9 Å². The number of amides is 3. The Morgan fingerprint density at radius 1 is 0.923 bits per heavy atom. The van der Waals surface area contributed by atoms with E-state index in [-0.39, 0.29) is 24.9 Å². The van der Waals surface area contributed by atoms with Crippen LogP contribution in [-0.2, 0) is 14.3 Å². The number of hydrogen-bond acceptors (Lipinski definition) is 5. The minimum absolute atomic E-state index is 0.200. The lowest BCUT2D eigenvalue weighted by atomic mass is 9.99. The number of nitrogens with one attached hydrogen (secondary N) is 2. The number of carbonyl (C=O) groups excluding carboxylic acids is 3. The topological polar surface area (TPSA) is 97.0 Å². The van der Waals surface area contributed by atoms with E-state index in [9.17, 15) is 14.4 Å². The summed E-state index contributed by atoms with van der Waals surface area (Å²) >= 11 is 0. The highest BCUT2D eigenvalue weighted by Gasteiger charge is 2.26. The predicted molar refractivity (Wildman–Crippen MR) is 154 cm³/mol. The summed E-state index contributed by atoms with van der Waals surface area (Å²) in [5.41, 5.74) is 0.886. The molecule has 2 N–H and O–H groups in total. The normalized spacial score (nSPS) is 13.5. The van der Waals surface area contributed by atoms with E-state index >= 15 is 0 Å². The Hall–Kier alpha value is -3.55. The molecule has 2 rings (SSSR count). The summed E-state index contributed by atoms with van der Waals surface area (Å²) in [6.45, 7) is 12.6. The first kappa shape index (κ1) is 31.7. The molecule has 8 nitrogen and oxygen atoms in total. The van der Waals surface area contributed by atoms with E-state index in [0.29, 0.717) is 23.8 Å². The monoisotopic (exact) mass is 539 g/mol. The van der Waals surface area contributed by atoms with Gasteiger partial charge in [-0.2, -0.15) is 0 Å². The second-order valence-electron chi connectivity index (χ2n) is 11.0. The molecule has 39 heavy (non-hydrogen) atoms. The lowest BCUT2D eigenvalue weighted by molar-refractivity contribution is -0.129. The van der Waals surface area contributed by atoms with Crippen molar-refractivity contribution in [2.24, 2.45) is 5.92 Å². The van der Waals surface area contributed by atoms with E-state index in [4.69, 9.17) is 9.47 Å². The predicted octanol–water partition coefficient (Wildman–Crippen LogP) is 5.45. The van der Waals surface area contributed by atoms with Crippen LogP contribution >= 0.6 is 0 Å². The van der Waals surface area contributed by atoms with Crippen LogP contribution in [0.25, 0.3) is 0 Å². The molecule has 214 valence electrons. The molecule has 0 aliphatic carbocycles. The average molecular weight is 540 g/mol. The molecule has 2 aromatic rings. The van der Waals surface area contributed by atoms with Crippen LogP contribution in [0.15, 0.2) is 54.6 Å². The van der Waals surface area contributed by atoms with Crippen molar-refractivity contribution in [1.82, 2.24) is 15.5 Å². The summed E-state index contributed by atoms with van der Waals surface area (Å²) in [5, 5.41) is 5.76. The van der Waals surface area contributed by atoms with Crippen molar-refractivity contribution in [2.75, 3.05) is 26.7 Å². The summed E-state index contributed by atoms with van der Waals surface area (Å²) in [4.78, 5) is 40.1. The maximum Gasteiger partial charge on any atom is 0.410 e. The highest BCUT2D eigenvalue weighted by atomic mass is 16.6. The molecule has 8 heteroatoms. The molecule has 0 radical (unpaired) electrons. The standard InChI is InChI=1S/C31H45N3O5/c1-8-12-22(2)21-38-26-17-15-25(16-18-26)27(33-28(35)23(3)24-13-10-9-11-14-24)29(36)32-19-20-34(7)30(37)39-31(4,5)6/h9-11,13-18,22-23,27H,8,12,19-21H2,1-7H3,(H,32,36)(H,33,35)/t22?,23-,27+/m0/s1. The van der Waals surface area contributed by atoms with Crippen LogP contribution in [0, 0.1) is 5.92 Å². The van der Waals surface area contributed by atoms with Crippen LogP contribution in [0.1, 0.15) is 77.5 Å². The van der Waals surface area contributed by atoms with Crippen LogP contribution in [0.2, 0.25) is 0 Å². The Bertz CT molecular complexity index is 1050. The maximum atomic E-state index is 13.3. The lowest BCUT2D eigenvalue weighted by Crippen LogP contribution is -2.44. The molecule has 0 bridgehead atoms. The van der Waals surface area contributed by atoms with Gasteiger partial charge in [-0.05, 0) is 63.3 Å². The zero-order valence-corrected chi connectivity index (χ0v) is 24.5. The van der Waals surface area contributed by atoms with Gasteiger partial charge in [0.2, 0.25) is 11.8 Å². The smallest absolute Gasteiger partial charge is 0.410 e. The largest absolute Gasteiger partial charge is 0.493 e. The van der Waals surface area contributed by atoms with Crippen molar-refractivity contribution in [1.29, 1.82) is 0 Å². The summed E-state index contributed by atoms with van der Waals surface area (Å²) < 4.78 is 11.3. The van der Waals surface area contributed by atoms with Gasteiger partial charge in [0.1, 0.15) is 17.4 Å². The lowest BCUT2D eigenvalue weighted by Gasteiger charge is -2.25. The number of ether oxygens (including phenoxy) is 2. The third-order valence-electron chi connectivity index (χ3n) is 6.22. The van der Waals surface area contributed by atoms with Gasteiger partial charge in [0.15, 0.2) is 0 Å². The van der Waals surface area contributed by atoms with E-state index in [1.165, 1.54) is 4.90 Å². The van der Waals surface area contributed by atoms with Crippen molar-refractivity contribution in [3.63, 3.8) is 0 Å². The highest BCUT2D eigenvalue weighted by molar-refractivity contribution is 5.91. The molecule has 3 amide bonds. The van der Waals surface area contributed by atoms with Crippen LogP contribution < -0.4 is 15.4 Å². The van der Waals surface area contributed by atoms with Gasteiger partial charge in [-0.1, -0.05) is 62.7 Å². The summed E-state index contributed by atoms with van der Waals surface area (Å²) in [7, 11) is 1.61. The Morgan fingerprint density at radius 3 is 2.15 bits per heavy atom. The summed E-state index contributed by atoms with van der Waals surface area (Å²) in [6.07, 6.45) is 1.73. The molecule has 3 atom stereocenters. The second-order valence-corrected chi connectivity index (χ2v) is 11.0. The van der Waals surface area contributed by atoms with Gasteiger partial charge in [-0.25, -0.2) is 4.79 Å². The highest BCUT2D eigenvalue weighted by Crippen LogP contribution is 2.22. The van der Waals surface area contributed by atoms with Crippen molar-refractivity contribution < 1.29 is 23.9 Å². The van der Waals surface area contributed by atoms with Gasteiger partial charge in [-0.15, -0.1) is 0 Å². The van der Waals surface area contributed by atoms with Gasteiger partial charge in [0.05, 0.1) is 12.5 Å². The molecule has 0 aliphatic rings. The molecule has 0 aliphatic heterocycles. The molecular formula is C31H45N3O5. The van der Waals surface area contributed by atoms with Gasteiger partial charge in [-0.3, -0.25) is 9.59 Å². The van der Waals surface area contributed by atoms with E-state index in [1.54, 1.807) is 40.0 Å². The van der Waals surface area contributed by atoms with Gasteiger partial charge in [0, 0.05) is 20.1 Å². The van der Waals surface area contributed by atoms with E-state index in [2.05, 4.69) is 24.5 Å². The number of hydrogen-bond donors (Lipinski definition) is 2. The average Bonchev–Trinajstić information content (AvgIpc) is 2.90. The van der Waals surface area contributed by atoms with Crippen LogP contribution in [-0.4, -0.2) is 55.2 Å². The first-order valence-corrected chi connectivity index (χ1v) is 13.7. The third kappa shape index (κ3) is 11.0. The van der Waals surface area contributed by atoms with Gasteiger partial charge < -0.3 is 25.0 Å². The number of nitrogens with zero attached hydrogens (tertiary/aromatic N) is 1. The summed E-state index contributed by atoms with van der Waals surface area (Å²) in [5.74, 6) is 0.0874. The molecule has 0 saturated heterocycles. The van der Waals surface area contributed by atoms with Crippen LogP contribution in [0.3, 0.4) is 0 Å². The molecule has 0 fully saturated rings. The molecule has 0 spiro atoms. The summed E-state index contributed by atoms with van der Waals surface area (Å²) in [6, 6.07) is 15.7. The Morgan fingerprint density at radius 2 is 1.56 bits per heavy atom. The minimum Gasteiger partial charge on any atom is -0.493 e. The molecule has 0 aromatic heterocycles. The second kappa shape index (κ2) is 15.1. The first-order valence-electron chi connectivity index (χ1n) is 13.7. The van der Waals surface area contributed by atoms with Crippen LogP contribution in [0.4, 0.5) is 4.79 Å². The Balaban J connectivity index is 2.11. The first-order chi connectivity index (χ1) is 18.4. The van der Waals surface area contributed by atoms with Gasteiger partial charge in [0.25, 0.3) is 0 Å². The van der Waals surface area contributed by atoms with Crippen LogP contribution in [0.5, 0.6) is 5.75 Å². The zero-order valence-electron chi connectivity index (χ0n) is 24.5. The third-order valence-corrected chi connectivity index (χ3v) is 6.22. The number of carbonyl (C=O) groups is 3. The Kier molecular flexibility index (Phi) is 12.3. The minimum atomic E-state index is -0.913. The fourth-order valence-electron chi connectivity index (χ4n) is 3.91. The SMILES string of the molecule is CCCC(C)COc1ccc([C@@H](NC(=O)[C@@H](C)c2ccccc2)C(=O)NCCN(C)C(=O)OC(C)(C)C)cc1. The van der Waals surface area contributed by atoms with E-state index in [0.717, 1.165) is 18.4 Å². The van der Waals surface area contributed by atoms with Crippen molar-refractivity contribution in [2.45, 2.75) is 71.9 Å². The van der Waals surface area contributed by atoms with Crippen molar-refractivity contribution in [3.05, 3.63) is 65.7 Å². The van der Waals surface area contributed by atoms with E-state index in [1.807, 2.05) is 49.4 Å². The molecule has 0 saturated carbocycles. The quantitative estimate of drug-likeness (QED) is 0.353. The van der Waals surface area contributed by atoms with E-state index < -0.39 is 23.7 Å². The Labute approximate surface area is 233 Å². The van der Waals surface area contributed by atoms with Crippen molar-refractivity contribution in [3.8, 4) is 5.75 Å².